The topological polar surface area (TPSA) is 38.3 Å². The van der Waals surface area contributed by atoms with Crippen LogP contribution in [0.3, 0.4) is 0 Å². The van der Waals surface area contributed by atoms with E-state index in [1.165, 1.54) is 0 Å². The fourth-order valence-corrected chi connectivity index (χ4v) is 1.17. The van der Waals surface area contributed by atoms with Crippen LogP contribution in [0.4, 0.5) is 4.79 Å². The number of hydrogen-bond donors (Lipinski definition) is 1. The van der Waals surface area contributed by atoms with Gasteiger partial charge in [0.25, 0.3) is 0 Å². The molecule has 0 spiro atoms. The molecule has 0 saturated heterocycles. The van der Waals surface area contributed by atoms with Crippen LogP contribution in [-0.2, 0) is 11.3 Å². The first kappa shape index (κ1) is 14.0. The first-order valence-corrected chi connectivity index (χ1v) is 5.92. The molecule has 0 unspecified atom stereocenters. The second kappa shape index (κ2) is 7.33. The van der Waals surface area contributed by atoms with E-state index in [9.17, 15) is 4.79 Å². The summed E-state index contributed by atoms with van der Waals surface area (Å²) in [5.74, 6) is 0.364. The van der Waals surface area contributed by atoms with E-state index in [4.69, 9.17) is 4.74 Å². The maximum Gasteiger partial charge on any atom is 0.411 e. The van der Waals surface area contributed by atoms with Gasteiger partial charge in [-0.25, -0.2) is 4.79 Å². The Balaban J connectivity index is 2.28. The fraction of sp³-hybridized carbons (Fsp3) is 0.267. The summed E-state index contributed by atoms with van der Waals surface area (Å²) in [6.07, 6.45) is 2.86. The molecule has 0 saturated carbocycles. The Labute approximate surface area is 108 Å². The molecule has 1 N–H and O–H groups in total. The van der Waals surface area contributed by atoms with Crippen molar-refractivity contribution in [3.05, 3.63) is 60.3 Å². The molecule has 0 fully saturated rings. The number of alkyl carbamates (subject to hydrolysis) is 1. The molecular formula is C15H19NO2. The van der Waals surface area contributed by atoms with E-state index < -0.39 is 6.09 Å². The van der Waals surface area contributed by atoms with Gasteiger partial charge in [0.05, 0.1) is 0 Å². The predicted octanol–water partition coefficient (Wildman–Crippen LogP) is 3.64. The van der Waals surface area contributed by atoms with Gasteiger partial charge < -0.3 is 4.74 Å². The van der Waals surface area contributed by atoms with Gasteiger partial charge in [-0.2, -0.15) is 0 Å². The Hall–Kier alpha value is -2.03. The Morgan fingerprint density at radius 2 is 2.06 bits per heavy atom. The van der Waals surface area contributed by atoms with Crippen LogP contribution < -0.4 is 5.32 Å². The highest BCUT2D eigenvalue weighted by atomic mass is 16.5. The number of benzene rings is 1. The van der Waals surface area contributed by atoms with Crippen LogP contribution in [0, 0.1) is 5.92 Å². The van der Waals surface area contributed by atoms with Crippen LogP contribution in [0.15, 0.2) is 54.8 Å². The van der Waals surface area contributed by atoms with Crippen LogP contribution in [-0.4, -0.2) is 6.09 Å². The van der Waals surface area contributed by atoms with Crippen LogP contribution in [0.25, 0.3) is 0 Å². The number of carbonyl (C=O) groups is 1. The summed E-state index contributed by atoms with van der Waals surface area (Å²) in [5, 5.41) is 2.54. The number of carbonyl (C=O) groups excluding carboxylic acids is 1. The van der Waals surface area contributed by atoms with Gasteiger partial charge in [-0.15, -0.1) is 0 Å². The van der Waals surface area contributed by atoms with E-state index in [1.54, 1.807) is 12.3 Å². The molecule has 96 valence electrons. The summed E-state index contributed by atoms with van der Waals surface area (Å²) >= 11 is 0. The molecule has 0 aliphatic rings. The second-order valence-electron chi connectivity index (χ2n) is 4.27. The van der Waals surface area contributed by atoms with Gasteiger partial charge >= 0.3 is 6.09 Å². The zero-order valence-corrected chi connectivity index (χ0v) is 10.8. The third-order valence-corrected chi connectivity index (χ3v) is 2.45. The van der Waals surface area contributed by atoms with Crippen molar-refractivity contribution in [2.45, 2.75) is 20.5 Å². The predicted molar refractivity (Wildman–Crippen MR) is 72.9 cm³/mol. The Kier molecular flexibility index (Phi) is 5.71. The van der Waals surface area contributed by atoms with Crippen molar-refractivity contribution in [3.8, 4) is 0 Å². The number of amides is 1. The molecule has 0 aliphatic heterocycles. The van der Waals surface area contributed by atoms with Crippen LogP contribution >= 0.6 is 0 Å². The van der Waals surface area contributed by atoms with E-state index in [-0.39, 0.29) is 6.61 Å². The van der Waals surface area contributed by atoms with E-state index >= 15 is 0 Å². The lowest BCUT2D eigenvalue weighted by Gasteiger charge is -2.05. The fourth-order valence-electron chi connectivity index (χ4n) is 1.17. The van der Waals surface area contributed by atoms with Crippen molar-refractivity contribution in [1.29, 1.82) is 0 Å². The minimum Gasteiger partial charge on any atom is -0.444 e. The molecule has 0 bridgehead atoms. The summed E-state index contributed by atoms with van der Waals surface area (Å²) in [6.45, 7) is 8.22. The van der Waals surface area contributed by atoms with Crippen molar-refractivity contribution in [2.24, 2.45) is 5.92 Å². The number of allylic oxidation sites excluding steroid dienone is 2. The number of hydrogen-bond acceptors (Lipinski definition) is 2. The molecule has 0 aliphatic carbocycles. The van der Waals surface area contributed by atoms with Crippen molar-refractivity contribution in [1.82, 2.24) is 5.32 Å². The average Bonchev–Trinajstić information content (AvgIpc) is 2.37. The van der Waals surface area contributed by atoms with E-state index in [0.717, 1.165) is 11.1 Å². The lowest BCUT2D eigenvalue weighted by atomic mass is 10.1. The Morgan fingerprint density at radius 1 is 1.39 bits per heavy atom. The molecular weight excluding hydrogens is 226 g/mol. The highest BCUT2D eigenvalue weighted by Crippen LogP contribution is 2.06. The van der Waals surface area contributed by atoms with E-state index in [2.05, 4.69) is 11.9 Å². The van der Waals surface area contributed by atoms with Gasteiger partial charge in [0.1, 0.15) is 6.61 Å². The minimum atomic E-state index is -0.466. The van der Waals surface area contributed by atoms with Gasteiger partial charge in [0.2, 0.25) is 0 Å². The third-order valence-electron chi connectivity index (χ3n) is 2.45. The van der Waals surface area contributed by atoms with Crippen LogP contribution in [0.5, 0.6) is 0 Å². The second-order valence-corrected chi connectivity index (χ2v) is 4.27. The molecule has 0 radical (unpaired) electrons. The lowest BCUT2D eigenvalue weighted by Crippen LogP contribution is -2.18. The van der Waals surface area contributed by atoms with Gasteiger partial charge in [0.15, 0.2) is 0 Å². The van der Waals surface area contributed by atoms with Crippen molar-refractivity contribution in [2.75, 3.05) is 0 Å². The molecule has 1 aromatic rings. The summed E-state index contributed by atoms with van der Waals surface area (Å²) < 4.78 is 5.04. The van der Waals surface area contributed by atoms with Crippen LogP contribution in [0.1, 0.15) is 19.4 Å². The van der Waals surface area contributed by atoms with E-state index in [1.807, 2.05) is 44.2 Å². The zero-order chi connectivity index (χ0) is 13.4. The molecule has 0 heterocycles. The molecule has 1 aromatic carbocycles. The van der Waals surface area contributed by atoms with Gasteiger partial charge in [-0.1, -0.05) is 56.3 Å². The molecule has 1 amide bonds. The molecule has 0 aromatic heterocycles. The molecule has 1 rings (SSSR count). The first-order valence-electron chi connectivity index (χ1n) is 5.92. The molecule has 18 heavy (non-hydrogen) atoms. The SMILES string of the molecule is C=C(/C=C/NC(=O)OCc1ccccc1)C(C)C. The summed E-state index contributed by atoms with van der Waals surface area (Å²) in [7, 11) is 0. The normalized spacial score (nSPS) is 10.6. The van der Waals surface area contributed by atoms with Gasteiger partial charge in [-0.3, -0.25) is 5.32 Å². The smallest absolute Gasteiger partial charge is 0.411 e. The van der Waals surface area contributed by atoms with Gasteiger partial charge in [0, 0.05) is 6.20 Å². The monoisotopic (exact) mass is 245 g/mol. The van der Waals surface area contributed by atoms with Crippen LogP contribution in [0.2, 0.25) is 0 Å². The molecule has 0 atom stereocenters. The lowest BCUT2D eigenvalue weighted by molar-refractivity contribution is 0.143. The first-order chi connectivity index (χ1) is 8.59. The van der Waals surface area contributed by atoms with Crippen molar-refractivity contribution >= 4 is 6.09 Å². The van der Waals surface area contributed by atoms with Gasteiger partial charge in [-0.05, 0) is 17.6 Å². The van der Waals surface area contributed by atoms with Crippen molar-refractivity contribution in [3.63, 3.8) is 0 Å². The summed E-state index contributed by atoms with van der Waals surface area (Å²) in [4.78, 5) is 11.4. The number of ether oxygens (including phenoxy) is 1. The number of nitrogens with one attached hydrogen (secondary N) is 1. The number of rotatable bonds is 5. The third kappa shape index (κ3) is 5.34. The average molecular weight is 245 g/mol. The summed E-state index contributed by atoms with van der Waals surface area (Å²) in [6, 6.07) is 9.55. The highest BCUT2D eigenvalue weighted by molar-refractivity contribution is 5.68. The Bertz CT molecular complexity index is 421. The van der Waals surface area contributed by atoms with Crippen molar-refractivity contribution < 1.29 is 9.53 Å². The maximum atomic E-state index is 11.4. The largest absolute Gasteiger partial charge is 0.444 e. The highest BCUT2D eigenvalue weighted by Gasteiger charge is 2.00. The van der Waals surface area contributed by atoms with E-state index in [0.29, 0.717) is 5.92 Å². The molecule has 3 heteroatoms. The zero-order valence-electron chi connectivity index (χ0n) is 10.8. The quantitative estimate of drug-likeness (QED) is 0.804. The standard InChI is InChI=1S/C15H19NO2/c1-12(2)13(3)9-10-16-15(17)18-11-14-7-5-4-6-8-14/h4-10,12H,3,11H2,1-2H3,(H,16,17)/b10-9+. The maximum absolute atomic E-state index is 11.4. The Morgan fingerprint density at radius 3 is 2.67 bits per heavy atom. The molecule has 3 nitrogen and oxygen atoms in total. The minimum absolute atomic E-state index is 0.269. The summed E-state index contributed by atoms with van der Waals surface area (Å²) in [5.41, 5.74) is 1.92.